The van der Waals surface area contributed by atoms with Gasteiger partial charge in [0.2, 0.25) is 5.88 Å². The zero-order valence-electron chi connectivity index (χ0n) is 17.7. The van der Waals surface area contributed by atoms with Crippen molar-refractivity contribution in [1.82, 2.24) is 14.9 Å². The second-order valence-corrected chi connectivity index (χ2v) is 9.58. The average molecular weight is 423 g/mol. The molecule has 30 heavy (non-hydrogen) atoms. The van der Waals surface area contributed by atoms with Gasteiger partial charge in [0.25, 0.3) is 0 Å². The highest BCUT2D eigenvalue weighted by Gasteiger charge is 2.26. The maximum atomic E-state index is 5.92. The molecule has 158 valence electrons. The predicted octanol–water partition coefficient (Wildman–Crippen LogP) is 5.03. The van der Waals surface area contributed by atoms with Crippen molar-refractivity contribution in [1.29, 1.82) is 0 Å². The van der Waals surface area contributed by atoms with Crippen LogP contribution in [0.2, 0.25) is 0 Å². The van der Waals surface area contributed by atoms with Gasteiger partial charge >= 0.3 is 0 Å². The number of rotatable bonds is 5. The number of hydrogen-bond donors (Lipinski definition) is 0. The quantitative estimate of drug-likeness (QED) is 0.577. The molecular weight excluding hydrogens is 392 g/mol. The lowest BCUT2D eigenvalue weighted by Crippen LogP contribution is -2.46. The van der Waals surface area contributed by atoms with Crippen molar-refractivity contribution in [3.8, 4) is 5.88 Å². The summed E-state index contributed by atoms with van der Waals surface area (Å²) in [6.07, 6.45) is 8.50. The van der Waals surface area contributed by atoms with Crippen molar-refractivity contribution in [3.63, 3.8) is 0 Å². The highest BCUT2D eigenvalue weighted by molar-refractivity contribution is 7.22. The van der Waals surface area contributed by atoms with Crippen molar-refractivity contribution >= 4 is 26.7 Å². The SMILES string of the molecule is Cc1ccc(COc2cc3sc(N4CCC(N5CCCCC5)CC4)nc3cn2)cc1. The molecule has 0 bridgehead atoms. The fraction of sp³-hybridized carbons (Fsp3) is 0.500. The van der Waals surface area contributed by atoms with Crippen LogP contribution in [0.15, 0.2) is 36.5 Å². The first-order valence-electron chi connectivity index (χ1n) is 11.2. The molecule has 6 heteroatoms. The Morgan fingerprint density at radius 1 is 1.03 bits per heavy atom. The number of pyridine rings is 1. The number of ether oxygens (including phenoxy) is 1. The van der Waals surface area contributed by atoms with Gasteiger partial charge < -0.3 is 14.5 Å². The van der Waals surface area contributed by atoms with E-state index in [0.29, 0.717) is 12.5 Å². The molecule has 0 atom stereocenters. The van der Waals surface area contributed by atoms with Crippen LogP contribution in [0.5, 0.6) is 5.88 Å². The highest BCUT2D eigenvalue weighted by atomic mass is 32.1. The van der Waals surface area contributed by atoms with E-state index in [9.17, 15) is 0 Å². The van der Waals surface area contributed by atoms with Crippen LogP contribution in [0.1, 0.15) is 43.2 Å². The van der Waals surface area contributed by atoms with Crippen LogP contribution in [0.4, 0.5) is 5.13 Å². The van der Waals surface area contributed by atoms with Gasteiger partial charge in [-0.05, 0) is 51.3 Å². The molecule has 0 saturated carbocycles. The van der Waals surface area contributed by atoms with E-state index in [1.807, 2.05) is 12.3 Å². The molecule has 0 amide bonds. The second-order valence-electron chi connectivity index (χ2n) is 8.58. The third-order valence-corrected chi connectivity index (χ3v) is 7.47. The lowest BCUT2D eigenvalue weighted by molar-refractivity contribution is 0.141. The zero-order valence-corrected chi connectivity index (χ0v) is 18.5. The summed E-state index contributed by atoms with van der Waals surface area (Å²) < 4.78 is 7.07. The number of likely N-dealkylation sites (tertiary alicyclic amines) is 1. The monoisotopic (exact) mass is 422 g/mol. The van der Waals surface area contributed by atoms with Crippen molar-refractivity contribution in [2.24, 2.45) is 0 Å². The zero-order chi connectivity index (χ0) is 20.3. The minimum Gasteiger partial charge on any atom is -0.473 e. The van der Waals surface area contributed by atoms with Gasteiger partial charge in [-0.3, -0.25) is 0 Å². The Morgan fingerprint density at radius 2 is 1.80 bits per heavy atom. The number of anilines is 1. The molecule has 4 heterocycles. The van der Waals surface area contributed by atoms with Crippen LogP contribution in [-0.2, 0) is 6.61 Å². The van der Waals surface area contributed by atoms with Crippen molar-refractivity contribution in [2.45, 2.75) is 51.7 Å². The summed E-state index contributed by atoms with van der Waals surface area (Å²) in [7, 11) is 0. The Hall–Kier alpha value is -2.18. The van der Waals surface area contributed by atoms with Gasteiger partial charge in [-0.2, -0.15) is 0 Å². The van der Waals surface area contributed by atoms with Crippen LogP contribution in [0.3, 0.4) is 0 Å². The minimum atomic E-state index is 0.536. The van der Waals surface area contributed by atoms with E-state index in [1.165, 1.54) is 50.8 Å². The summed E-state index contributed by atoms with van der Waals surface area (Å²) in [5.74, 6) is 0.669. The molecule has 0 N–H and O–H groups in total. The minimum absolute atomic E-state index is 0.536. The molecule has 1 aromatic carbocycles. The van der Waals surface area contributed by atoms with Gasteiger partial charge in [0.15, 0.2) is 5.13 Å². The summed E-state index contributed by atoms with van der Waals surface area (Å²) in [4.78, 5) is 14.5. The predicted molar refractivity (Wildman–Crippen MR) is 124 cm³/mol. The van der Waals surface area contributed by atoms with Crippen LogP contribution < -0.4 is 9.64 Å². The van der Waals surface area contributed by atoms with E-state index in [4.69, 9.17) is 9.72 Å². The summed E-state index contributed by atoms with van der Waals surface area (Å²) in [6.45, 7) is 7.42. The molecule has 2 saturated heterocycles. The molecule has 2 aliphatic rings. The number of benzene rings is 1. The van der Waals surface area contributed by atoms with Crippen molar-refractivity contribution in [3.05, 3.63) is 47.7 Å². The Labute approximate surface area is 182 Å². The first-order chi connectivity index (χ1) is 14.7. The number of thiazole rings is 1. The largest absolute Gasteiger partial charge is 0.473 e. The molecule has 0 spiro atoms. The third kappa shape index (κ3) is 4.44. The molecule has 5 rings (SSSR count). The smallest absolute Gasteiger partial charge is 0.215 e. The molecule has 0 aliphatic carbocycles. The van der Waals surface area contributed by atoms with Crippen LogP contribution in [0, 0.1) is 6.92 Å². The van der Waals surface area contributed by atoms with E-state index in [2.05, 4.69) is 46.0 Å². The lowest BCUT2D eigenvalue weighted by Gasteiger charge is -2.40. The first-order valence-corrected chi connectivity index (χ1v) is 12.0. The summed E-state index contributed by atoms with van der Waals surface area (Å²) in [5.41, 5.74) is 3.38. The first kappa shape index (κ1) is 19.8. The fourth-order valence-electron chi connectivity index (χ4n) is 4.56. The van der Waals surface area contributed by atoms with Gasteiger partial charge in [0.1, 0.15) is 12.1 Å². The molecular formula is C24H30N4OS. The maximum absolute atomic E-state index is 5.92. The molecule has 0 radical (unpaired) electrons. The van der Waals surface area contributed by atoms with E-state index in [-0.39, 0.29) is 0 Å². The Balaban J connectivity index is 1.21. The number of aromatic nitrogens is 2. The Kier molecular flexibility index (Phi) is 5.86. The van der Waals surface area contributed by atoms with E-state index in [0.717, 1.165) is 40.0 Å². The van der Waals surface area contributed by atoms with Crippen molar-refractivity contribution in [2.75, 3.05) is 31.1 Å². The lowest BCUT2D eigenvalue weighted by atomic mass is 10.0. The average Bonchev–Trinajstić information content (AvgIpc) is 3.23. The molecule has 0 unspecified atom stereocenters. The van der Waals surface area contributed by atoms with Gasteiger partial charge in [0, 0.05) is 25.2 Å². The number of nitrogens with zero attached hydrogens (tertiary/aromatic N) is 4. The highest BCUT2D eigenvalue weighted by Crippen LogP contribution is 2.33. The Morgan fingerprint density at radius 3 is 2.57 bits per heavy atom. The van der Waals surface area contributed by atoms with Crippen LogP contribution >= 0.6 is 11.3 Å². The van der Waals surface area contributed by atoms with Gasteiger partial charge in [0.05, 0.1) is 10.9 Å². The summed E-state index contributed by atoms with van der Waals surface area (Å²) in [6, 6.07) is 11.2. The topological polar surface area (TPSA) is 41.5 Å². The van der Waals surface area contributed by atoms with Crippen molar-refractivity contribution < 1.29 is 4.74 Å². The molecule has 2 fully saturated rings. The Bertz CT molecular complexity index is 973. The van der Waals surface area contributed by atoms with E-state index < -0.39 is 0 Å². The summed E-state index contributed by atoms with van der Waals surface area (Å²) >= 11 is 1.76. The summed E-state index contributed by atoms with van der Waals surface area (Å²) in [5, 5.41) is 1.12. The van der Waals surface area contributed by atoms with Gasteiger partial charge in [-0.25, -0.2) is 9.97 Å². The molecule has 2 aromatic heterocycles. The van der Waals surface area contributed by atoms with Crippen LogP contribution in [-0.4, -0.2) is 47.1 Å². The van der Waals surface area contributed by atoms with Crippen LogP contribution in [0.25, 0.3) is 10.2 Å². The number of fused-ring (bicyclic) bond motifs is 1. The maximum Gasteiger partial charge on any atom is 0.215 e. The number of hydrogen-bond acceptors (Lipinski definition) is 6. The number of aryl methyl sites for hydroxylation is 1. The van der Waals surface area contributed by atoms with E-state index in [1.54, 1.807) is 11.3 Å². The van der Waals surface area contributed by atoms with E-state index >= 15 is 0 Å². The molecule has 5 nitrogen and oxygen atoms in total. The standard InChI is InChI=1S/C24H30N4OS/c1-18-5-7-19(8-6-18)17-29-23-15-22-21(16-25-23)26-24(30-22)28-13-9-20(10-14-28)27-11-3-2-4-12-27/h5-8,15-16,20H,2-4,9-14,17H2,1H3. The normalized spacial score (nSPS) is 18.8. The van der Waals surface area contributed by atoms with Gasteiger partial charge in [-0.15, -0.1) is 0 Å². The second kappa shape index (κ2) is 8.90. The fourth-order valence-corrected chi connectivity index (χ4v) is 5.58. The number of piperidine rings is 2. The van der Waals surface area contributed by atoms with Gasteiger partial charge in [-0.1, -0.05) is 47.6 Å². The third-order valence-electron chi connectivity index (χ3n) is 6.39. The molecule has 2 aliphatic heterocycles. The molecule has 3 aromatic rings.